The van der Waals surface area contributed by atoms with Crippen molar-refractivity contribution in [3.8, 4) is 35.4 Å². The number of phenols is 1. The van der Waals surface area contributed by atoms with E-state index in [0.717, 1.165) is 19.4 Å². The number of hydrogen-bond acceptors (Lipinski definition) is 6. The molecular formula is C27H21F3N4O2. The highest BCUT2D eigenvalue weighted by atomic mass is 19.1. The summed E-state index contributed by atoms with van der Waals surface area (Å²) in [5.41, 5.74) is -0.505. The van der Waals surface area contributed by atoms with E-state index in [1.165, 1.54) is 36.7 Å². The Morgan fingerprint density at radius 2 is 2.03 bits per heavy atom. The van der Waals surface area contributed by atoms with Crippen LogP contribution in [0.3, 0.4) is 0 Å². The molecule has 6 nitrogen and oxygen atoms in total. The van der Waals surface area contributed by atoms with Crippen molar-refractivity contribution in [2.75, 3.05) is 19.7 Å². The van der Waals surface area contributed by atoms with Gasteiger partial charge >= 0.3 is 6.01 Å². The van der Waals surface area contributed by atoms with Gasteiger partial charge in [0.05, 0.1) is 11.1 Å². The molecule has 2 aromatic heterocycles. The van der Waals surface area contributed by atoms with Gasteiger partial charge in [-0.05, 0) is 43.0 Å². The highest BCUT2D eigenvalue weighted by Gasteiger charge is 2.49. The molecule has 0 bridgehead atoms. The molecule has 6 rings (SSSR count). The van der Waals surface area contributed by atoms with Crippen LogP contribution in [0.1, 0.15) is 24.8 Å². The molecule has 9 heteroatoms. The Labute approximate surface area is 204 Å². The minimum Gasteiger partial charge on any atom is -0.508 e. The SMILES string of the molecule is C#Cc1c(F)ccc2cc(O)cc(-c3ncc4cnc(OC[C@@]56CCCN5C[C@H](F)C6)nc4c3F)c12. The molecule has 0 saturated carbocycles. The molecular weight excluding hydrogens is 469 g/mol. The maximum Gasteiger partial charge on any atom is 0.317 e. The lowest BCUT2D eigenvalue weighted by Gasteiger charge is -2.30. The van der Waals surface area contributed by atoms with Crippen LogP contribution in [-0.4, -0.2) is 56.4 Å². The number of aromatic nitrogens is 3. The van der Waals surface area contributed by atoms with Gasteiger partial charge < -0.3 is 9.84 Å². The Hall–Kier alpha value is -3.90. The van der Waals surface area contributed by atoms with Gasteiger partial charge in [-0.2, -0.15) is 4.98 Å². The van der Waals surface area contributed by atoms with E-state index in [2.05, 4.69) is 25.8 Å². The monoisotopic (exact) mass is 490 g/mol. The Kier molecular flexibility index (Phi) is 5.23. The normalized spacial score (nSPS) is 21.7. The van der Waals surface area contributed by atoms with E-state index in [9.17, 15) is 13.9 Å². The van der Waals surface area contributed by atoms with Crippen molar-refractivity contribution in [1.29, 1.82) is 0 Å². The van der Waals surface area contributed by atoms with E-state index in [1.807, 2.05) is 0 Å². The number of aromatic hydroxyl groups is 1. The summed E-state index contributed by atoms with van der Waals surface area (Å²) in [4.78, 5) is 14.8. The van der Waals surface area contributed by atoms with Gasteiger partial charge in [0.15, 0.2) is 5.82 Å². The summed E-state index contributed by atoms with van der Waals surface area (Å²) in [5, 5.41) is 11.3. The van der Waals surface area contributed by atoms with Gasteiger partial charge in [0.25, 0.3) is 0 Å². The quantitative estimate of drug-likeness (QED) is 0.416. The lowest BCUT2D eigenvalue weighted by atomic mass is 9.95. The van der Waals surface area contributed by atoms with Crippen molar-refractivity contribution in [3.63, 3.8) is 0 Å². The number of pyridine rings is 1. The third-order valence-electron chi connectivity index (χ3n) is 7.23. The first-order chi connectivity index (χ1) is 17.4. The fraction of sp³-hybridized carbons (Fsp3) is 0.296. The van der Waals surface area contributed by atoms with Crippen LogP contribution in [0.4, 0.5) is 13.2 Å². The third kappa shape index (κ3) is 3.52. The molecule has 2 saturated heterocycles. The van der Waals surface area contributed by atoms with E-state index in [4.69, 9.17) is 11.2 Å². The number of hydrogen-bond donors (Lipinski definition) is 1. The van der Waals surface area contributed by atoms with E-state index in [0.29, 0.717) is 23.7 Å². The Morgan fingerprint density at radius 3 is 2.86 bits per heavy atom. The van der Waals surface area contributed by atoms with Gasteiger partial charge in [-0.15, -0.1) is 6.42 Å². The van der Waals surface area contributed by atoms with Crippen molar-refractivity contribution < 1.29 is 23.0 Å². The number of rotatable bonds is 4. The van der Waals surface area contributed by atoms with Crippen molar-refractivity contribution in [2.45, 2.75) is 31.0 Å². The van der Waals surface area contributed by atoms with E-state index in [-0.39, 0.29) is 46.1 Å². The summed E-state index contributed by atoms with van der Waals surface area (Å²) in [5.74, 6) is 0.737. The fourth-order valence-corrected chi connectivity index (χ4v) is 5.61. The molecule has 4 aromatic rings. The van der Waals surface area contributed by atoms with Crippen LogP contribution in [-0.2, 0) is 0 Å². The van der Waals surface area contributed by atoms with Crippen molar-refractivity contribution >= 4 is 21.7 Å². The highest BCUT2D eigenvalue weighted by molar-refractivity contribution is 6.02. The van der Waals surface area contributed by atoms with Crippen LogP contribution >= 0.6 is 0 Å². The first-order valence-electron chi connectivity index (χ1n) is 11.6. The molecule has 2 atom stereocenters. The number of phenolic OH excluding ortho intramolecular Hbond substituents is 1. The Balaban J connectivity index is 1.42. The molecule has 4 heterocycles. The lowest BCUT2D eigenvalue weighted by Crippen LogP contribution is -2.43. The van der Waals surface area contributed by atoms with E-state index in [1.54, 1.807) is 0 Å². The smallest absolute Gasteiger partial charge is 0.317 e. The number of halogens is 3. The van der Waals surface area contributed by atoms with Gasteiger partial charge in [-0.1, -0.05) is 12.0 Å². The standard InChI is InChI=1S/C27H21F3N4O2/c1-2-19-21(29)5-4-15-8-18(35)9-20(22(15)19)25-23(30)24-16(11-31-25)12-32-26(33-24)36-14-27-6-3-7-34(27)13-17(28)10-27/h1,4-5,8-9,11-12,17,35H,3,6-7,10,13-14H2/t17-,27+/m1/s1. The summed E-state index contributed by atoms with van der Waals surface area (Å²) in [6, 6.07) is 5.34. The van der Waals surface area contributed by atoms with Gasteiger partial charge in [0, 0.05) is 41.7 Å². The second kappa shape index (κ2) is 8.35. The van der Waals surface area contributed by atoms with Gasteiger partial charge in [0.1, 0.15) is 35.6 Å². The number of fused-ring (bicyclic) bond motifs is 3. The van der Waals surface area contributed by atoms with Crippen LogP contribution in [0.2, 0.25) is 0 Å². The maximum atomic E-state index is 15.8. The van der Waals surface area contributed by atoms with Crippen LogP contribution < -0.4 is 4.74 Å². The molecule has 2 aliphatic rings. The highest BCUT2D eigenvalue weighted by Crippen LogP contribution is 2.41. The average Bonchev–Trinajstić information content (AvgIpc) is 3.38. The molecule has 2 fully saturated rings. The van der Waals surface area contributed by atoms with Crippen LogP contribution in [0.15, 0.2) is 36.7 Å². The number of ether oxygens (including phenoxy) is 1. The first kappa shape index (κ1) is 22.6. The second-order valence-electron chi connectivity index (χ2n) is 9.40. The minimum absolute atomic E-state index is 0.0294. The predicted octanol–water partition coefficient (Wildman–Crippen LogP) is 4.77. The van der Waals surface area contributed by atoms with Crippen molar-refractivity contribution in [1.82, 2.24) is 19.9 Å². The Morgan fingerprint density at radius 1 is 1.19 bits per heavy atom. The average molecular weight is 490 g/mol. The summed E-state index contributed by atoms with van der Waals surface area (Å²) in [7, 11) is 0. The molecule has 0 spiro atoms. The summed E-state index contributed by atoms with van der Waals surface area (Å²) < 4.78 is 50.2. The van der Waals surface area contributed by atoms with Gasteiger partial charge in [-0.3, -0.25) is 9.88 Å². The zero-order valence-corrected chi connectivity index (χ0v) is 19.1. The predicted molar refractivity (Wildman–Crippen MR) is 128 cm³/mol. The molecule has 182 valence electrons. The van der Waals surface area contributed by atoms with Crippen LogP contribution in [0.25, 0.3) is 32.9 Å². The third-order valence-corrected chi connectivity index (χ3v) is 7.23. The summed E-state index contributed by atoms with van der Waals surface area (Å²) in [6.45, 7) is 1.42. The maximum absolute atomic E-state index is 15.8. The second-order valence-corrected chi connectivity index (χ2v) is 9.40. The molecule has 0 amide bonds. The topological polar surface area (TPSA) is 71.4 Å². The number of benzene rings is 2. The summed E-state index contributed by atoms with van der Waals surface area (Å²) in [6.07, 6.45) is 9.63. The van der Waals surface area contributed by atoms with Crippen LogP contribution in [0.5, 0.6) is 11.8 Å². The minimum atomic E-state index is -0.896. The summed E-state index contributed by atoms with van der Waals surface area (Å²) >= 11 is 0. The first-order valence-corrected chi connectivity index (χ1v) is 11.6. The number of terminal acetylenes is 1. The number of nitrogens with zero attached hydrogens (tertiary/aromatic N) is 4. The zero-order valence-electron chi connectivity index (χ0n) is 19.1. The fourth-order valence-electron chi connectivity index (χ4n) is 5.61. The van der Waals surface area contributed by atoms with Crippen molar-refractivity contribution in [3.05, 3.63) is 53.9 Å². The molecule has 0 radical (unpaired) electrons. The number of alkyl halides is 1. The largest absolute Gasteiger partial charge is 0.508 e. The molecule has 0 unspecified atom stereocenters. The molecule has 2 aromatic carbocycles. The van der Waals surface area contributed by atoms with E-state index < -0.39 is 23.3 Å². The molecule has 2 aliphatic heterocycles. The molecule has 36 heavy (non-hydrogen) atoms. The lowest BCUT2D eigenvalue weighted by molar-refractivity contribution is 0.107. The van der Waals surface area contributed by atoms with E-state index >= 15 is 4.39 Å². The Bertz CT molecular complexity index is 1570. The van der Waals surface area contributed by atoms with Gasteiger partial charge in [0.2, 0.25) is 0 Å². The van der Waals surface area contributed by atoms with Crippen LogP contribution in [0, 0.1) is 24.0 Å². The van der Waals surface area contributed by atoms with Gasteiger partial charge in [-0.25, -0.2) is 18.2 Å². The molecule has 1 N–H and O–H groups in total. The molecule has 0 aliphatic carbocycles. The van der Waals surface area contributed by atoms with Crippen molar-refractivity contribution in [2.24, 2.45) is 0 Å². The zero-order chi connectivity index (χ0) is 25.0.